The number of hydrogen-bond acceptors (Lipinski definition) is 4. The zero-order chi connectivity index (χ0) is 19.4. The molecule has 0 aromatic heterocycles. The average molecular weight is 395 g/mol. The van der Waals surface area contributed by atoms with E-state index in [1.165, 1.54) is 19.1 Å². The van der Waals surface area contributed by atoms with Crippen molar-refractivity contribution in [1.29, 1.82) is 0 Å². The van der Waals surface area contributed by atoms with E-state index in [-0.39, 0.29) is 28.8 Å². The second kappa shape index (κ2) is 6.98. The molecule has 4 aliphatic rings. The third-order valence-electron chi connectivity index (χ3n) is 8.69. The van der Waals surface area contributed by atoms with Crippen molar-refractivity contribution in [3.8, 4) is 0 Å². The lowest BCUT2D eigenvalue weighted by Gasteiger charge is -2.41. The molecule has 4 aliphatic carbocycles. The first-order chi connectivity index (χ1) is 12.8. The van der Waals surface area contributed by atoms with Crippen LogP contribution >= 0.6 is 0 Å². The van der Waals surface area contributed by atoms with Crippen molar-refractivity contribution in [2.24, 2.45) is 28.6 Å². The Kier molecular flexibility index (Phi) is 5.07. The van der Waals surface area contributed by atoms with Crippen molar-refractivity contribution in [3.63, 3.8) is 0 Å². The summed E-state index contributed by atoms with van der Waals surface area (Å²) in [6.45, 7) is 4.52. The van der Waals surface area contributed by atoms with Crippen molar-refractivity contribution in [1.82, 2.24) is 0 Å². The maximum absolute atomic E-state index is 13.7. The van der Waals surface area contributed by atoms with Crippen LogP contribution in [0, 0.1) is 28.6 Å². The van der Waals surface area contributed by atoms with Crippen molar-refractivity contribution in [2.75, 3.05) is 12.9 Å². The van der Waals surface area contributed by atoms with E-state index in [0.29, 0.717) is 24.0 Å². The van der Waals surface area contributed by atoms with Crippen LogP contribution in [0.15, 0.2) is 10.5 Å². The van der Waals surface area contributed by atoms with Crippen molar-refractivity contribution in [2.45, 2.75) is 77.7 Å². The molecule has 6 atom stereocenters. The molecule has 5 heteroatoms. The van der Waals surface area contributed by atoms with E-state index in [1.807, 2.05) is 0 Å². The molecule has 0 aliphatic heterocycles. The summed E-state index contributed by atoms with van der Waals surface area (Å²) >= 11 is 0. The maximum Gasteiger partial charge on any atom is 0.309 e. The Labute approximate surface area is 165 Å². The van der Waals surface area contributed by atoms with Crippen LogP contribution < -0.4 is 0 Å². The fourth-order valence-electron chi connectivity index (χ4n) is 6.78. The van der Waals surface area contributed by atoms with Crippen molar-refractivity contribution < 1.29 is 18.8 Å². The average Bonchev–Trinajstić information content (AvgIpc) is 3.00. The number of carbonyl (C=O) groups is 1. The fraction of sp³-hybridized carbons (Fsp3) is 0.864. The summed E-state index contributed by atoms with van der Waals surface area (Å²) in [5, 5.41) is 10.8. The van der Waals surface area contributed by atoms with Gasteiger partial charge in [0.15, 0.2) is 0 Å². The van der Waals surface area contributed by atoms with Crippen LogP contribution in [0.2, 0.25) is 0 Å². The lowest BCUT2D eigenvalue weighted by atomic mass is 9.70. The van der Waals surface area contributed by atoms with Crippen LogP contribution in [0.25, 0.3) is 0 Å². The van der Waals surface area contributed by atoms with Gasteiger partial charge in [-0.25, -0.2) is 0 Å². The molecule has 3 saturated carbocycles. The molecule has 1 unspecified atom stereocenters. The van der Waals surface area contributed by atoms with Crippen LogP contribution in [0.4, 0.5) is 0 Å². The first kappa shape index (κ1) is 19.6. The maximum atomic E-state index is 13.7. The highest BCUT2D eigenvalue weighted by molar-refractivity contribution is 7.89. The van der Waals surface area contributed by atoms with Gasteiger partial charge in [0, 0.05) is 26.9 Å². The Balaban J connectivity index is 1.63. The molecule has 0 saturated heterocycles. The number of rotatable bonds is 4. The highest BCUT2D eigenvalue weighted by Crippen LogP contribution is 2.66. The number of aliphatic hydroxyl groups is 1. The summed E-state index contributed by atoms with van der Waals surface area (Å²) in [7, 11) is 0.331. The molecular formula is C22H34O4S. The lowest BCUT2D eigenvalue weighted by molar-refractivity contribution is -0.146. The smallest absolute Gasteiger partial charge is 0.309 e. The number of carbonyl (C=O) groups excluding carboxylic acids is 1. The van der Waals surface area contributed by atoms with Gasteiger partial charge in [0.2, 0.25) is 0 Å². The summed E-state index contributed by atoms with van der Waals surface area (Å²) < 4.78 is 18.7. The Morgan fingerprint density at radius 2 is 2.04 bits per heavy atom. The van der Waals surface area contributed by atoms with E-state index < -0.39 is 10.8 Å². The molecule has 2 bridgehead atoms. The zero-order valence-electron chi connectivity index (χ0n) is 17.0. The molecule has 4 rings (SSSR count). The summed E-state index contributed by atoms with van der Waals surface area (Å²) in [4.78, 5) is 13.3. The summed E-state index contributed by atoms with van der Waals surface area (Å²) in [6, 6.07) is 0. The normalized spacial score (nSPS) is 41.3. The second-order valence-electron chi connectivity index (χ2n) is 9.91. The topological polar surface area (TPSA) is 63.6 Å². The van der Waals surface area contributed by atoms with Gasteiger partial charge >= 0.3 is 5.97 Å². The summed E-state index contributed by atoms with van der Waals surface area (Å²) in [5.74, 6) is 1.17. The number of fused-ring (bicyclic) bond motifs is 3. The van der Waals surface area contributed by atoms with Crippen LogP contribution in [-0.2, 0) is 20.3 Å². The summed E-state index contributed by atoms with van der Waals surface area (Å²) in [5.41, 5.74) is 1.17. The molecule has 27 heavy (non-hydrogen) atoms. The molecule has 0 aromatic carbocycles. The van der Waals surface area contributed by atoms with Gasteiger partial charge in [-0.2, -0.15) is 0 Å². The Morgan fingerprint density at radius 1 is 1.26 bits per heavy atom. The quantitative estimate of drug-likeness (QED) is 0.734. The van der Waals surface area contributed by atoms with Gasteiger partial charge in [-0.15, -0.1) is 0 Å². The zero-order valence-corrected chi connectivity index (χ0v) is 17.8. The van der Waals surface area contributed by atoms with E-state index in [0.717, 1.165) is 49.9 Å². The fourth-order valence-corrected chi connectivity index (χ4v) is 9.08. The van der Waals surface area contributed by atoms with Gasteiger partial charge in [0.1, 0.15) is 0 Å². The highest BCUT2D eigenvalue weighted by atomic mass is 32.2. The van der Waals surface area contributed by atoms with Crippen LogP contribution in [0.3, 0.4) is 0 Å². The minimum absolute atomic E-state index is 0.0374. The van der Waals surface area contributed by atoms with E-state index in [9.17, 15) is 14.1 Å². The minimum Gasteiger partial charge on any atom is -0.469 e. The van der Waals surface area contributed by atoms with Crippen LogP contribution in [-0.4, -0.2) is 34.3 Å². The van der Waals surface area contributed by atoms with Crippen molar-refractivity contribution in [3.05, 3.63) is 10.5 Å². The SMILES string of the molecule is COC(=O)[C@H]1CC(S(=O)C[C@]23CC[C@H](C[C@H]2O)C3(C)C)=C2CCCC[C@@H]2C1. The highest BCUT2D eigenvalue weighted by Gasteiger charge is 2.64. The van der Waals surface area contributed by atoms with Gasteiger partial charge in [-0.1, -0.05) is 25.8 Å². The molecule has 3 fully saturated rings. The van der Waals surface area contributed by atoms with E-state index in [2.05, 4.69) is 13.8 Å². The summed E-state index contributed by atoms with van der Waals surface area (Å²) in [6.07, 6.45) is 8.55. The Bertz CT molecular complexity index is 682. The molecule has 4 nitrogen and oxygen atoms in total. The van der Waals surface area contributed by atoms with Crippen LogP contribution in [0.5, 0.6) is 0 Å². The number of ether oxygens (including phenoxy) is 1. The molecule has 0 heterocycles. The van der Waals surface area contributed by atoms with Gasteiger partial charge < -0.3 is 9.84 Å². The largest absolute Gasteiger partial charge is 0.469 e. The molecule has 0 aromatic rings. The second-order valence-corrected chi connectivity index (χ2v) is 11.4. The molecule has 152 valence electrons. The minimum atomic E-state index is -1.12. The first-order valence-corrected chi connectivity index (χ1v) is 12.0. The predicted molar refractivity (Wildman–Crippen MR) is 106 cm³/mol. The van der Waals surface area contributed by atoms with Gasteiger partial charge in [-0.3, -0.25) is 9.00 Å². The molecular weight excluding hydrogens is 360 g/mol. The molecule has 0 amide bonds. The molecule has 0 radical (unpaired) electrons. The number of allylic oxidation sites excluding steroid dienone is 2. The number of hydrogen-bond donors (Lipinski definition) is 1. The third-order valence-corrected chi connectivity index (χ3v) is 10.4. The van der Waals surface area contributed by atoms with E-state index in [4.69, 9.17) is 4.74 Å². The standard InChI is InChI=1S/C22H34O4S/c1-21(2)16-8-9-22(21,19(23)12-16)13-27(25)18-11-15(20(24)26-3)10-14-6-4-5-7-17(14)18/h14-16,19,23H,4-13H2,1-3H3/t14-,15-,16-,19-,22-,27?/m1/s1. The van der Waals surface area contributed by atoms with Gasteiger partial charge in [0.25, 0.3) is 0 Å². The van der Waals surface area contributed by atoms with Crippen molar-refractivity contribution >= 4 is 16.8 Å². The molecule has 1 N–H and O–H groups in total. The molecule has 0 spiro atoms. The Morgan fingerprint density at radius 3 is 2.67 bits per heavy atom. The monoisotopic (exact) mass is 394 g/mol. The van der Waals surface area contributed by atoms with Gasteiger partial charge in [-0.05, 0) is 68.6 Å². The third kappa shape index (κ3) is 2.95. The van der Waals surface area contributed by atoms with Crippen LogP contribution in [0.1, 0.15) is 71.6 Å². The number of esters is 1. The van der Waals surface area contributed by atoms with E-state index >= 15 is 0 Å². The number of aliphatic hydroxyl groups excluding tert-OH is 1. The van der Waals surface area contributed by atoms with Gasteiger partial charge in [0.05, 0.1) is 19.1 Å². The Hall–Kier alpha value is -0.680. The number of methoxy groups -OCH3 is 1. The first-order valence-electron chi connectivity index (χ1n) is 10.7. The van der Waals surface area contributed by atoms with E-state index in [1.54, 1.807) is 0 Å². The lowest BCUT2D eigenvalue weighted by Crippen LogP contribution is -2.44. The predicted octanol–water partition coefficient (Wildman–Crippen LogP) is 3.95.